The zero-order valence-electron chi connectivity index (χ0n) is 20.5. The van der Waals surface area contributed by atoms with Crippen LogP contribution < -0.4 is 10.6 Å². The maximum Gasteiger partial charge on any atom is 0.407 e. The summed E-state index contributed by atoms with van der Waals surface area (Å²) in [6.07, 6.45) is 7.23. The molecule has 2 aromatic heterocycles. The molecule has 3 aromatic rings. The molecule has 2 saturated carbocycles. The summed E-state index contributed by atoms with van der Waals surface area (Å²) in [5.74, 6) is 0.675. The molecule has 0 aliphatic heterocycles. The molecule has 2 N–H and O–H groups in total. The monoisotopic (exact) mass is 526 g/mol. The average molecular weight is 527 g/mol. The van der Waals surface area contributed by atoms with Crippen LogP contribution in [0.1, 0.15) is 63.3 Å². The molecule has 2 fully saturated rings. The Hall–Kier alpha value is -2.65. The summed E-state index contributed by atoms with van der Waals surface area (Å²) in [6.45, 7) is 3.72. The predicted molar refractivity (Wildman–Crippen MR) is 144 cm³/mol. The molecule has 0 atom stereocenters. The van der Waals surface area contributed by atoms with Crippen LogP contribution in [0.4, 0.5) is 20.7 Å². The Morgan fingerprint density at radius 3 is 2.47 bits per heavy atom. The van der Waals surface area contributed by atoms with Gasteiger partial charge in [-0.25, -0.2) is 19.2 Å². The number of alkyl carbamates (subject to hydrolysis) is 1. The lowest BCUT2D eigenvalue weighted by molar-refractivity contribution is 0.109. The van der Waals surface area contributed by atoms with Gasteiger partial charge in [0, 0.05) is 28.5 Å². The van der Waals surface area contributed by atoms with Crippen LogP contribution in [0.5, 0.6) is 0 Å². The number of thioether (sulfide) groups is 1. The number of carbonyl (C=O) groups is 1. The number of hydrogen-bond acceptors (Lipinski definition) is 7. The van der Waals surface area contributed by atoms with E-state index in [2.05, 4.69) is 27.8 Å². The first-order valence-corrected chi connectivity index (χ1v) is 14.3. The third-order valence-electron chi connectivity index (χ3n) is 6.31. The number of aromatic nitrogens is 2. The predicted octanol–water partition coefficient (Wildman–Crippen LogP) is 7.50. The Morgan fingerprint density at radius 1 is 1.08 bits per heavy atom. The quantitative estimate of drug-likeness (QED) is 0.316. The van der Waals surface area contributed by atoms with E-state index in [1.54, 1.807) is 6.07 Å². The van der Waals surface area contributed by atoms with Gasteiger partial charge in [0.15, 0.2) is 0 Å². The standard InChI is InChI=1S/C27H31FN4O2S2/c1-16(2)34-27(33)31-21-10-5-18(6-11-21)25-32-24(26(36-25)35-22-12-13-22)17-3-8-20(9-4-17)30-23-14-7-19(28)15-29-23/h3-4,7-9,14-16,18,21-22H,5-6,10-13H2,1-2H3,(H,29,30)(H,31,33). The number of nitrogens with one attached hydrogen (secondary N) is 2. The smallest absolute Gasteiger partial charge is 0.407 e. The normalized spacial score (nSPS) is 19.8. The van der Waals surface area contributed by atoms with E-state index < -0.39 is 0 Å². The fraction of sp³-hybridized carbons (Fsp3) is 0.444. The highest BCUT2D eigenvalue weighted by molar-refractivity contribution is 8.02. The van der Waals surface area contributed by atoms with Gasteiger partial charge in [-0.15, -0.1) is 23.1 Å². The molecule has 0 bridgehead atoms. The highest BCUT2D eigenvalue weighted by atomic mass is 32.2. The lowest BCUT2D eigenvalue weighted by Gasteiger charge is -2.28. The van der Waals surface area contributed by atoms with E-state index in [9.17, 15) is 9.18 Å². The van der Waals surface area contributed by atoms with Crippen molar-refractivity contribution in [1.82, 2.24) is 15.3 Å². The zero-order chi connectivity index (χ0) is 25.1. The number of carbonyl (C=O) groups excluding carboxylic acids is 1. The molecule has 1 aromatic carbocycles. The van der Waals surface area contributed by atoms with Gasteiger partial charge in [0.1, 0.15) is 11.6 Å². The summed E-state index contributed by atoms with van der Waals surface area (Å²) in [6, 6.07) is 11.4. The van der Waals surface area contributed by atoms with E-state index in [-0.39, 0.29) is 24.1 Å². The van der Waals surface area contributed by atoms with Gasteiger partial charge in [0.2, 0.25) is 0 Å². The van der Waals surface area contributed by atoms with E-state index in [0.29, 0.717) is 17.0 Å². The van der Waals surface area contributed by atoms with Gasteiger partial charge in [-0.05, 0) is 76.6 Å². The molecule has 190 valence electrons. The molecule has 5 rings (SSSR count). The topological polar surface area (TPSA) is 76.1 Å². The van der Waals surface area contributed by atoms with Gasteiger partial charge in [-0.1, -0.05) is 12.1 Å². The number of amides is 1. The summed E-state index contributed by atoms with van der Waals surface area (Å²) < 4.78 is 19.7. The largest absolute Gasteiger partial charge is 0.447 e. The van der Waals surface area contributed by atoms with Crippen molar-refractivity contribution in [2.75, 3.05) is 5.32 Å². The number of nitrogens with zero attached hydrogens (tertiary/aromatic N) is 2. The van der Waals surface area contributed by atoms with Crippen molar-refractivity contribution in [1.29, 1.82) is 0 Å². The SMILES string of the molecule is CC(C)OC(=O)NC1CCC(c2nc(-c3ccc(Nc4ccc(F)cn4)cc3)c(SC3CC3)s2)CC1. The van der Waals surface area contributed by atoms with Crippen molar-refractivity contribution in [2.24, 2.45) is 0 Å². The van der Waals surface area contributed by atoms with Crippen LogP contribution in [0, 0.1) is 5.82 Å². The molecule has 0 saturated heterocycles. The minimum absolute atomic E-state index is 0.109. The van der Waals surface area contributed by atoms with Gasteiger partial charge in [-0.2, -0.15) is 0 Å². The first kappa shape index (κ1) is 25.0. The summed E-state index contributed by atoms with van der Waals surface area (Å²) in [5.41, 5.74) is 3.07. The fourth-order valence-corrected chi connectivity index (χ4v) is 7.10. The highest BCUT2D eigenvalue weighted by Gasteiger charge is 2.30. The van der Waals surface area contributed by atoms with Crippen molar-refractivity contribution >= 4 is 40.7 Å². The minimum atomic E-state index is -0.352. The van der Waals surface area contributed by atoms with Gasteiger partial charge >= 0.3 is 6.09 Å². The molecular formula is C27H31FN4O2S2. The van der Waals surface area contributed by atoms with Crippen LogP contribution in [0.3, 0.4) is 0 Å². The van der Waals surface area contributed by atoms with Gasteiger partial charge in [0.25, 0.3) is 0 Å². The Labute approximate surface area is 219 Å². The molecule has 0 unspecified atom stereocenters. The Balaban J connectivity index is 1.26. The van der Waals surface area contributed by atoms with Crippen LogP contribution >= 0.6 is 23.1 Å². The molecule has 2 aliphatic carbocycles. The van der Waals surface area contributed by atoms with Crippen LogP contribution in [0.2, 0.25) is 0 Å². The number of thiazole rings is 1. The molecule has 1 amide bonds. The number of ether oxygens (including phenoxy) is 1. The van der Waals surface area contributed by atoms with Crippen LogP contribution in [0.25, 0.3) is 11.3 Å². The number of rotatable bonds is 8. The molecule has 36 heavy (non-hydrogen) atoms. The van der Waals surface area contributed by atoms with E-state index in [1.807, 2.05) is 49.1 Å². The van der Waals surface area contributed by atoms with Crippen molar-refractivity contribution < 1.29 is 13.9 Å². The highest BCUT2D eigenvalue weighted by Crippen LogP contribution is 2.48. The second kappa shape index (κ2) is 11.2. The summed E-state index contributed by atoms with van der Waals surface area (Å²) in [5, 5.41) is 8.13. The van der Waals surface area contributed by atoms with E-state index in [1.165, 1.54) is 34.3 Å². The number of halogens is 1. The van der Waals surface area contributed by atoms with E-state index in [4.69, 9.17) is 9.72 Å². The molecule has 6 nitrogen and oxygen atoms in total. The second-order valence-corrected chi connectivity index (χ2v) is 12.3. The van der Waals surface area contributed by atoms with E-state index >= 15 is 0 Å². The fourth-order valence-electron chi connectivity index (χ4n) is 4.30. The first-order chi connectivity index (χ1) is 17.4. The summed E-state index contributed by atoms with van der Waals surface area (Å²) in [7, 11) is 0. The minimum Gasteiger partial charge on any atom is -0.447 e. The number of pyridine rings is 1. The second-order valence-electron chi connectivity index (χ2n) is 9.72. The third kappa shape index (κ3) is 6.56. The summed E-state index contributed by atoms with van der Waals surface area (Å²) in [4.78, 5) is 21.2. The van der Waals surface area contributed by atoms with Gasteiger partial charge < -0.3 is 15.4 Å². The molecule has 9 heteroatoms. The van der Waals surface area contributed by atoms with Crippen LogP contribution in [0.15, 0.2) is 46.8 Å². The number of hydrogen-bond donors (Lipinski definition) is 2. The number of anilines is 2. The maximum atomic E-state index is 13.1. The molecule has 2 aliphatic rings. The third-order valence-corrected chi connectivity index (χ3v) is 9.07. The first-order valence-electron chi connectivity index (χ1n) is 12.6. The lowest BCUT2D eigenvalue weighted by Crippen LogP contribution is -2.38. The van der Waals surface area contributed by atoms with Crippen LogP contribution in [-0.4, -0.2) is 33.5 Å². The Kier molecular flexibility index (Phi) is 7.76. The van der Waals surface area contributed by atoms with Crippen molar-refractivity contribution in [3.05, 3.63) is 53.4 Å². The Morgan fingerprint density at radius 2 is 1.83 bits per heavy atom. The maximum absolute atomic E-state index is 13.1. The van der Waals surface area contributed by atoms with Gasteiger partial charge in [-0.3, -0.25) is 0 Å². The molecule has 2 heterocycles. The van der Waals surface area contributed by atoms with Crippen molar-refractivity contribution in [2.45, 2.75) is 79.9 Å². The number of benzene rings is 1. The molecule has 0 spiro atoms. The summed E-state index contributed by atoms with van der Waals surface area (Å²) >= 11 is 3.80. The Bertz CT molecular complexity index is 1170. The zero-order valence-corrected chi connectivity index (χ0v) is 22.1. The lowest BCUT2D eigenvalue weighted by atomic mass is 9.86. The van der Waals surface area contributed by atoms with Crippen molar-refractivity contribution in [3.8, 4) is 11.3 Å². The average Bonchev–Trinajstić information content (AvgIpc) is 3.58. The van der Waals surface area contributed by atoms with E-state index in [0.717, 1.165) is 42.6 Å². The van der Waals surface area contributed by atoms with Gasteiger partial charge in [0.05, 0.1) is 27.2 Å². The van der Waals surface area contributed by atoms with Crippen molar-refractivity contribution in [3.63, 3.8) is 0 Å². The molecular weight excluding hydrogens is 495 g/mol. The molecule has 0 radical (unpaired) electrons. The van der Waals surface area contributed by atoms with Crippen LogP contribution in [-0.2, 0) is 4.74 Å².